The van der Waals surface area contributed by atoms with Crippen molar-refractivity contribution in [2.75, 3.05) is 18.8 Å². The molecule has 14 heavy (non-hydrogen) atoms. The van der Waals surface area contributed by atoms with Crippen molar-refractivity contribution >= 4 is 15.7 Å². The van der Waals surface area contributed by atoms with Gasteiger partial charge in [0.2, 0.25) is 0 Å². The Hall–Kier alpha value is -0.730. The third kappa shape index (κ3) is 1.86. The smallest absolute Gasteiger partial charge is 0.195 e. The van der Waals surface area contributed by atoms with Crippen LogP contribution in [0.1, 0.15) is 13.8 Å². The molecule has 1 aliphatic heterocycles. The van der Waals surface area contributed by atoms with Crippen molar-refractivity contribution in [2.45, 2.75) is 13.8 Å². The summed E-state index contributed by atoms with van der Waals surface area (Å²) < 4.78 is 13.6. The Kier molecular flexibility index (Phi) is 3.40. The Morgan fingerprint density at radius 1 is 1.71 bits per heavy atom. The lowest BCUT2D eigenvalue weighted by molar-refractivity contribution is 0.173. The first-order valence-electron chi connectivity index (χ1n) is 4.77. The summed E-state index contributed by atoms with van der Waals surface area (Å²) >= 11 is 0. The monoisotopic (exact) mass is 216 g/mol. The molecule has 0 aromatic carbocycles. The minimum Gasteiger partial charge on any atom is -0.289 e. The number of hydrogen-bond donors (Lipinski definition) is 1. The second kappa shape index (κ2) is 4.20. The molecule has 0 amide bonds. The zero-order valence-corrected chi connectivity index (χ0v) is 9.41. The summed E-state index contributed by atoms with van der Waals surface area (Å²) in [7, 11) is -2.73. The lowest BCUT2D eigenvalue weighted by Crippen LogP contribution is -2.55. The maximum Gasteiger partial charge on any atom is 0.195 e. The highest BCUT2D eigenvalue weighted by molar-refractivity contribution is 8.12. The predicted molar refractivity (Wildman–Crippen MR) is 56.7 cm³/mol. The number of carbonyl (C=O) groups excluding carboxylic acids is 1. The zero-order chi connectivity index (χ0) is 10.8. The molecule has 0 saturated carbocycles. The molecule has 1 atom stereocenters. The van der Waals surface area contributed by atoms with E-state index in [1.807, 2.05) is 6.92 Å². The molecular formula is C9H16N2O2S. The van der Waals surface area contributed by atoms with Gasteiger partial charge in [-0.2, -0.15) is 5.26 Å². The number of nitrogens with zero attached hydrogens (tertiary/aromatic N) is 2. The predicted octanol–water partition coefficient (Wildman–Crippen LogP) is 0.220. The third-order valence-electron chi connectivity index (χ3n) is 2.90. The van der Waals surface area contributed by atoms with Crippen molar-refractivity contribution in [3.8, 4) is 6.07 Å². The molecule has 4 nitrogen and oxygen atoms in total. The Morgan fingerprint density at radius 3 is 2.64 bits per heavy atom. The summed E-state index contributed by atoms with van der Waals surface area (Å²) in [6.45, 7) is 4.87. The van der Waals surface area contributed by atoms with Crippen molar-refractivity contribution in [3.63, 3.8) is 0 Å². The van der Waals surface area contributed by atoms with E-state index in [1.165, 1.54) is 0 Å². The first kappa shape index (κ1) is 11.3. The lowest BCUT2D eigenvalue weighted by atomic mass is 9.90. The van der Waals surface area contributed by atoms with Gasteiger partial charge in [0.05, 0.1) is 6.07 Å². The highest BCUT2D eigenvalue weighted by atomic mass is 32.3. The third-order valence-corrected chi connectivity index (χ3v) is 5.42. The van der Waals surface area contributed by atoms with Crippen molar-refractivity contribution < 1.29 is 9.00 Å². The molecule has 1 saturated heterocycles. The number of hydrogen-bond acceptors (Lipinski definition) is 3. The Morgan fingerprint density at radius 2 is 2.29 bits per heavy atom. The van der Waals surface area contributed by atoms with Crippen LogP contribution in [0.15, 0.2) is 0 Å². The first-order valence-corrected chi connectivity index (χ1v) is 6.69. The van der Waals surface area contributed by atoms with Crippen LogP contribution in [0.3, 0.4) is 0 Å². The summed E-state index contributed by atoms with van der Waals surface area (Å²) in [6, 6.07) is 2.17. The molecule has 0 spiro atoms. The largest absolute Gasteiger partial charge is 0.289 e. The molecule has 0 bridgehead atoms. The molecule has 1 heterocycles. The summed E-state index contributed by atoms with van der Waals surface area (Å²) in [5, 5.41) is 8.67. The van der Waals surface area contributed by atoms with Gasteiger partial charge in [-0.05, 0) is 17.0 Å². The lowest BCUT2D eigenvalue weighted by Gasteiger charge is -2.45. The van der Waals surface area contributed by atoms with Gasteiger partial charge < -0.3 is 0 Å². The molecule has 0 aromatic heterocycles. The fourth-order valence-electron chi connectivity index (χ4n) is 1.53. The second-order valence-electron chi connectivity index (χ2n) is 3.73. The van der Waals surface area contributed by atoms with Gasteiger partial charge in [0.15, 0.2) is 5.62 Å². The molecule has 0 aliphatic carbocycles. The molecular weight excluding hydrogens is 200 g/mol. The molecule has 80 valence electrons. The number of rotatable bonds is 4. The average Bonchev–Trinajstić information content (AvgIpc) is 2.14. The summed E-state index contributed by atoms with van der Waals surface area (Å²) in [5.41, 5.74) is 0.584. The minimum absolute atomic E-state index is 0.0109. The van der Waals surface area contributed by atoms with Gasteiger partial charge in [0.1, 0.15) is 0 Å². The van der Waals surface area contributed by atoms with Crippen LogP contribution >= 0.6 is 0 Å². The quantitative estimate of drug-likeness (QED) is 0.540. The minimum atomic E-state index is -2.73. The van der Waals surface area contributed by atoms with Crippen molar-refractivity contribution in [1.82, 2.24) is 4.31 Å². The summed E-state index contributed by atoms with van der Waals surface area (Å²) in [4.78, 5) is 10.7. The van der Waals surface area contributed by atoms with Crippen LogP contribution in [-0.4, -0.2) is 33.0 Å². The molecule has 1 unspecified atom stereocenters. The Bertz CT molecular complexity index is 304. The second-order valence-corrected chi connectivity index (χ2v) is 6.65. The van der Waals surface area contributed by atoms with Gasteiger partial charge >= 0.3 is 0 Å². The number of carbonyl (C=O) groups is 1. The van der Waals surface area contributed by atoms with Crippen LogP contribution < -0.4 is 0 Å². The zero-order valence-electron chi connectivity index (χ0n) is 8.51. The SMILES string of the molecule is CC[SH](=O)(C=O)N1CC(C(C)C#N)C1. The fourth-order valence-corrected chi connectivity index (χ4v) is 3.18. The molecule has 0 radical (unpaired) electrons. The van der Waals surface area contributed by atoms with Crippen molar-refractivity contribution in [1.29, 1.82) is 5.26 Å². The van der Waals surface area contributed by atoms with Gasteiger partial charge in [-0.1, -0.05) is 6.92 Å². The van der Waals surface area contributed by atoms with E-state index in [4.69, 9.17) is 5.26 Å². The van der Waals surface area contributed by atoms with Crippen LogP contribution in [0, 0.1) is 23.2 Å². The fraction of sp³-hybridized carbons (Fsp3) is 0.778. The molecule has 1 rings (SSSR count). The summed E-state index contributed by atoms with van der Waals surface area (Å²) in [5.74, 6) is 0.660. The molecule has 5 heteroatoms. The molecule has 0 aromatic rings. The van der Waals surface area contributed by atoms with E-state index in [-0.39, 0.29) is 11.8 Å². The molecule has 1 fully saturated rings. The maximum atomic E-state index is 11.9. The van der Waals surface area contributed by atoms with Gasteiger partial charge in [0.25, 0.3) is 0 Å². The molecule has 1 aliphatic rings. The van der Waals surface area contributed by atoms with E-state index in [9.17, 15) is 9.00 Å². The van der Waals surface area contributed by atoms with E-state index >= 15 is 0 Å². The number of thiol groups is 1. The van der Waals surface area contributed by atoms with Crippen LogP contribution in [0.2, 0.25) is 0 Å². The topological polar surface area (TPSA) is 61.2 Å². The van der Waals surface area contributed by atoms with E-state index in [0.717, 1.165) is 0 Å². The van der Waals surface area contributed by atoms with Crippen molar-refractivity contribution in [3.05, 3.63) is 0 Å². The Labute approximate surface area is 85.4 Å². The highest BCUT2D eigenvalue weighted by Crippen LogP contribution is 2.28. The molecule has 0 N–H and O–H groups in total. The van der Waals surface area contributed by atoms with Gasteiger partial charge in [-0.3, -0.25) is 9.00 Å². The van der Waals surface area contributed by atoms with E-state index in [1.54, 1.807) is 11.2 Å². The van der Waals surface area contributed by atoms with Gasteiger partial charge in [0, 0.05) is 30.7 Å². The van der Waals surface area contributed by atoms with E-state index < -0.39 is 10.1 Å². The normalized spacial score (nSPS) is 22.1. The van der Waals surface area contributed by atoms with E-state index in [0.29, 0.717) is 24.5 Å². The van der Waals surface area contributed by atoms with Crippen LogP contribution in [-0.2, 0) is 14.9 Å². The van der Waals surface area contributed by atoms with Crippen LogP contribution in [0.25, 0.3) is 0 Å². The highest BCUT2D eigenvalue weighted by Gasteiger charge is 2.37. The van der Waals surface area contributed by atoms with Gasteiger partial charge in [-0.15, -0.1) is 0 Å². The van der Waals surface area contributed by atoms with Crippen molar-refractivity contribution in [2.24, 2.45) is 11.8 Å². The standard InChI is InChI=1S/C9H16N2O2S/c1-3-14(13,7-12)11-5-9(6-11)8(2)4-10/h7-9,14H,3,5-6H2,1-2H3. The average molecular weight is 216 g/mol. The first-order chi connectivity index (χ1) is 6.57. The summed E-state index contributed by atoms with van der Waals surface area (Å²) in [6.07, 6.45) is 0. The van der Waals surface area contributed by atoms with Crippen LogP contribution in [0.5, 0.6) is 0 Å². The van der Waals surface area contributed by atoms with Gasteiger partial charge in [-0.25, -0.2) is 4.31 Å². The van der Waals surface area contributed by atoms with E-state index in [2.05, 4.69) is 6.07 Å². The maximum absolute atomic E-state index is 11.9. The Balaban J connectivity index is 2.53. The number of nitriles is 1. The van der Waals surface area contributed by atoms with Crippen LogP contribution in [0.4, 0.5) is 0 Å².